The molecule has 0 spiro atoms. The van der Waals surface area contributed by atoms with Crippen molar-refractivity contribution in [3.05, 3.63) is 11.5 Å². The fourth-order valence-electron chi connectivity index (χ4n) is 3.21. The highest BCUT2D eigenvalue weighted by Crippen LogP contribution is 2.30. The van der Waals surface area contributed by atoms with Crippen LogP contribution in [0.4, 0.5) is 0 Å². The van der Waals surface area contributed by atoms with Crippen molar-refractivity contribution < 1.29 is 0 Å². The number of hydrogen-bond donors (Lipinski definition) is 0. The van der Waals surface area contributed by atoms with Crippen molar-refractivity contribution in [3.63, 3.8) is 0 Å². The first kappa shape index (κ1) is 16.3. The third kappa shape index (κ3) is 2.96. The van der Waals surface area contributed by atoms with Crippen LogP contribution >= 0.6 is 11.6 Å². The van der Waals surface area contributed by atoms with Crippen LogP contribution in [0.2, 0.25) is 0 Å². The van der Waals surface area contributed by atoms with Crippen LogP contribution in [-0.2, 0) is 19.9 Å². The van der Waals surface area contributed by atoms with E-state index in [1.807, 2.05) is 11.7 Å². The molecule has 4 nitrogen and oxygen atoms in total. The monoisotopic (exact) mass is 310 g/mol. The van der Waals surface area contributed by atoms with Gasteiger partial charge in [0.05, 0.1) is 5.69 Å². The summed E-state index contributed by atoms with van der Waals surface area (Å²) in [5, 5.41) is 4.68. The largest absolute Gasteiger partial charge is 0.309 e. The lowest BCUT2D eigenvalue weighted by Crippen LogP contribution is -2.19. The van der Waals surface area contributed by atoms with Gasteiger partial charge in [0.25, 0.3) is 0 Å². The van der Waals surface area contributed by atoms with Gasteiger partial charge in [-0.1, -0.05) is 34.1 Å². The van der Waals surface area contributed by atoms with Crippen molar-refractivity contribution in [2.75, 3.05) is 5.88 Å². The summed E-state index contributed by atoms with van der Waals surface area (Å²) in [4.78, 5) is 4.89. The van der Waals surface area contributed by atoms with Crippen LogP contribution in [0.25, 0.3) is 11.2 Å². The predicted molar refractivity (Wildman–Crippen MR) is 89.1 cm³/mol. The smallest absolute Gasteiger partial charge is 0.158 e. The van der Waals surface area contributed by atoms with Crippen molar-refractivity contribution in [1.82, 2.24) is 19.3 Å². The lowest BCUT2D eigenvalue weighted by atomic mass is 10.0. The molecule has 0 aliphatic heterocycles. The van der Waals surface area contributed by atoms with Gasteiger partial charge in [0.15, 0.2) is 5.65 Å². The summed E-state index contributed by atoms with van der Waals surface area (Å²) in [6.07, 6.45) is 3.97. The van der Waals surface area contributed by atoms with Gasteiger partial charge in [0.1, 0.15) is 11.3 Å². The minimum absolute atomic E-state index is 0.443. The Balaban J connectivity index is 2.66. The van der Waals surface area contributed by atoms with E-state index in [1.54, 1.807) is 0 Å². The van der Waals surface area contributed by atoms with Gasteiger partial charge < -0.3 is 4.57 Å². The first-order valence-electron chi connectivity index (χ1n) is 8.03. The first-order valence-corrected chi connectivity index (χ1v) is 8.57. The predicted octanol–water partition coefficient (Wildman–Crippen LogP) is 4.11. The molecule has 0 fully saturated rings. The highest BCUT2D eigenvalue weighted by Gasteiger charge is 2.24. The molecule has 0 aliphatic carbocycles. The zero-order chi connectivity index (χ0) is 15.6. The number of alkyl halides is 1. The molecule has 0 N–H and O–H groups in total. The van der Waals surface area contributed by atoms with Crippen molar-refractivity contribution in [2.24, 2.45) is 13.0 Å². The number of aryl methyl sites for hydroxylation is 3. The molecule has 21 heavy (non-hydrogen) atoms. The van der Waals surface area contributed by atoms with E-state index in [1.165, 1.54) is 0 Å². The van der Waals surface area contributed by atoms with E-state index < -0.39 is 0 Å². The van der Waals surface area contributed by atoms with Crippen molar-refractivity contribution in [2.45, 2.75) is 59.4 Å². The molecule has 1 atom stereocenters. The van der Waals surface area contributed by atoms with Crippen LogP contribution in [0.1, 0.15) is 58.1 Å². The topological polar surface area (TPSA) is 35.6 Å². The van der Waals surface area contributed by atoms with E-state index in [0.717, 1.165) is 48.4 Å². The molecule has 2 aromatic heterocycles. The lowest BCUT2D eigenvalue weighted by molar-refractivity contribution is 0.361. The number of nitrogens with zero attached hydrogens (tertiary/aromatic N) is 4. The summed E-state index contributed by atoms with van der Waals surface area (Å²) < 4.78 is 4.38. The molecule has 0 saturated heterocycles. The molecule has 0 saturated carbocycles. The normalized spacial score (nSPS) is 13.5. The van der Waals surface area contributed by atoms with E-state index in [2.05, 4.69) is 37.4 Å². The zero-order valence-corrected chi connectivity index (χ0v) is 14.6. The molecule has 2 rings (SSSR count). The summed E-state index contributed by atoms with van der Waals surface area (Å²) >= 11 is 6.00. The molecule has 0 aromatic carbocycles. The summed E-state index contributed by atoms with van der Waals surface area (Å²) in [6.45, 7) is 8.96. The van der Waals surface area contributed by atoms with Crippen LogP contribution < -0.4 is 0 Å². The highest BCUT2D eigenvalue weighted by atomic mass is 35.5. The van der Waals surface area contributed by atoms with Gasteiger partial charge in [0.2, 0.25) is 0 Å². The highest BCUT2D eigenvalue weighted by molar-refractivity contribution is 6.17. The molecule has 5 heteroatoms. The summed E-state index contributed by atoms with van der Waals surface area (Å²) in [5.74, 6) is 2.27. The van der Waals surface area contributed by atoms with Gasteiger partial charge >= 0.3 is 0 Å². The van der Waals surface area contributed by atoms with Gasteiger partial charge in [-0.2, -0.15) is 5.10 Å². The van der Waals surface area contributed by atoms with Gasteiger partial charge in [-0.3, -0.25) is 4.68 Å². The summed E-state index contributed by atoms with van der Waals surface area (Å²) in [6, 6.07) is 0.443. The summed E-state index contributed by atoms with van der Waals surface area (Å²) in [5.41, 5.74) is 3.33. The number of imidazole rings is 1. The minimum Gasteiger partial charge on any atom is -0.309 e. The van der Waals surface area contributed by atoms with E-state index in [-0.39, 0.29) is 0 Å². The van der Waals surface area contributed by atoms with Crippen molar-refractivity contribution >= 4 is 22.8 Å². The minimum atomic E-state index is 0.443. The Hall–Kier alpha value is -1.03. The maximum Gasteiger partial charge on any atom is 0.158 e. The third-order valence-corrected chi connectivity index (χ3v) is 4.32. The number of hydrogen-bond acceptors (Lipinski definition) is 2. The van der Waals surface area contributed by atoms with Crippen LogP contribution in [0.3, 0.4) is 0 Å². The van der Waals surface area contributed by atoms with Crippen molar-refractivity contribution in [3.8, 4) is 0 Å². The van der Waals surface area contributed by atoms with Crippen molar-refractivity contribution in [1.29, 1.82) is 0 Å². The first-order chi connectivity index (χ1) is 10.0. The number of rotatable bonds is 7. The van der Waals surface area contributed by atoms with Gasteiger partial charge in [-0.25, -0.2) is 4.98 Å². The Bertz CT molecular complexity index is 597. The van der Waals surface area contributed by atoms with Gasteiger partial charge in [0, 0.05) is 25.4 Å². The van der Waals surface area contributed by atoms with E-state index in [9.17, 15) is 0 Å². The Kier molecular flexibility index (Phi) is 5.31. The average molecular weight is 311 g/mol. The molecule has 2 heterocycles. The van der Waals surface area contributed by atoms with Crippen LogP contribution in [0, 0.1) is 5.92 Å². The second-order valence-electron chi connectivity index (χ2n) is 6.05. The van der Waals surface area contributed by atoms with E-state index >= 15 is 0 Å². The zero-order valence-electron chi connectivity index (χ0n) is 13.9. The van der Waals surface area contributed by atoms with E-state index in [4.69, 9.17) is 16.6 Å². The number of aromatic nitrogens is 4. The van der Waals surface area contributed by atoms with Crippen LogP contribution in [0.5, 0.6) is 0 Å². The average Bonchev–Trinajstić information content (AvgIpc) is 2.92. The Labute approximate surface area is 132 Å². The fraction of sp³-hybridized carbons (Fsp3) is 0.750. The summed E-state index contributed by atoms with van der Waals surface area (Å²) in [7, 11) is 2.02. The molecule has 118 valence electrons. The third-order valence-electron chi connectivity index (χ3n) is 4.13. The molecule has 2 aromatic rings. The molecular formula is C16H27ClN4. The molecule has 0 radical (unpaired) electrons. The Morgan fingerprint density at radius 3 is 2.43 bits per heavy atom. The molecule has 0 aliphatic rings. The van der Waals surface area contributed by atoms with Crippen LogP contribution in [-0.4, -0.2) is 25.2 Å². The Morgan fingerprint density at radius 1 is 1.19 bits per heavy atom. The second-order valence-corrected chi connectivity index (χ2v) is 6.43. The number of halogens is 1. The molecule has 0 amide bonds. The number of fused-ring (bicyclic) bond motifs is 1. The second kappa shape index (κ2) is 6.82. The molecule has 1 unspecified atom stereocenters. The fourth-order valence-corrected chi connectivity index (χ4v) is 3.38. The standard InChI is InChI=1S/C16H27ClN4/c1-6-8-12-15-16(20(5)19-12)21(13(7-2)11(3)4)14(18-15)9-10-17/h11,13H,6-10H2,1-5H3. The molecular weight excluding hydrogens is 284 g/mol. The van der Waals surface area contributed by atoms with Gasteiger partial charge in [-0.05, 0) is 18.8 Å². The lowest BCUT2D eigenvalue weighted by Gasteiger charge is -2.23. The van der Waals surface area contributed by atoms with Gasteiger partial charge in [-0.15, -0.1) is 11.6 Å². The SMILES string of the molecule is CCCc1nn(C)c2c1nc(CCCl)n2C(CC)C(C)C. The maximum atomic E-state index is 6.00. The van der Waals surface area contributed by atoms with Crippen LogP contribution in [0.15, 0.2) is 0 Å². The molecule has 0 bridgehead atoms. The quantitative estimate of drug-likeness (QED) is 0.721. The van der Waals surface area contributed by atoms with E-state index in [0.29, 0.717) is 17.8 Å². The Morgan fingerprint density at radius 2 is 1.90 bits per heavy atom. The maximum absolute atomic E-state index is 6.00.